The van der Waals surface area contributed by atoms with Crippen LogP contribution in [0.1, 0.15) is 24.5 Å². The first-order chi connectivity index (χ1) is 10.6. The van der Waals surface area contributed by atoms with Crippen molar-refractivity contribution >= 4 is 11.9 Å². The van der Waals surface area contributed by atoms with Crippen molar-refractivity contribution in [1.82, 2.24) is 9.80 Å². The highest BCUT2D eigenvalue weighted by Crippen LogP contribution is 2.35. The van der Waals surface area contributed by atoms with E-state index in [-0.39, 0.29) is 37.9 Å². The van der Waals surface area contributed by atoms with E-state index in [0.717, 1.165) is 17.7 Å². The number of fused-ring (bicyclic) bond motifs is 1. The lowest BCUT2D eigenvalue weighted by atomic mass is 10.1. The molecule has 1 saturated heterocycles. The van der Waals surface area contributed by atoms with Crippen LogP contribution in [0.4, 0.5) is 4.79 Å². The predicted octanol–water partition coefficient (Wildman–Crippen LogP) is 0.875. The van der Waals surface area contributed by atoms with Crippen LogP contribution in [0.3, 0.4) is 0 Å². The Morgan fingerprint density at radius 2 is 2.00 bits per heavy atom. The molecule has 1 aromatic rings. The molecule has 0 radical (unpaired) electrons. The zero-order chi connectivity index (χ0) is 15.3. The second kappa shape index (κ2) is 4.88. The number of carbonyl (C=O) groups is 2. The molecular formula is C15H16N2O5. The van der Waals surface area contributed by atoms with Gasteiger partial charge in [-0.3, -0.25) is 9.69 Å². The first kappa shape index (κ1) is 13.4. The Morgan fingerprint density at radius 1 is 1.23 bits per heavy atom. The van der Waals surface area contributed by atoms with E-state index in [1.807, 2.05) is 0 Å². The van der Waals surface area contributed by atoms with Crippen molar-refractivity contribution in [3.8, 4) is 11.5 Å². The molecule has 22 heavy (non-hydrogen) atoms. The number of ether oxygens (including phenoxy) is 2. The van der Waals surface area contributed by atoms with Crippen LogP contribution in [0.15, 0.2) is 18.2 Å². The van der Waals surface area contributed by atoms with Crippen LogP contribution in [-0.4, -0.2) is 52.8 Å². The lowest BCUT2D eigenvalue weighted by molar-refractivity contribution is -0.126. The van der Waals surface area contributed by atoms with Crippen LogP contribution < -0.4 is 9.47 Å². The molecular weight excluding hydrogens is 288 g/mol. The van der Waals surface area contributed by atoms with Crippen LogP contribution in [0.2, 0.25) is 0 Å². The van der Waals surface area contributed by atoms with Crippen molar-refractivity contribution in [1.29, 1.82) is 0 Å². The third kappa shape index (κ3) is 2.18. The fraction of sp³-hybridized carbons (Fsp3) is 0.467. The van der Waals surface area contributed by atoms with Gasteiger partial charge in [0.15, 0.2) is 11.5 Å². The van der Waals surface area contributed by atoms with Crippen molar-refractivity contribution in [2.45, 2.75) is 25.0 Å². The Hall–Kier alpha value is -2.28. The van der Waals surface area contributed by atoms with E-state index in [2.05, 4.69) is 0 Å². The Balaban J connectivity index is 1.48. The number of aliphatic hydroxyl groups is 1. The number of benzene rings is 1. The average molecular weight is 304 g/mol. The minimum Gasteiger partial charge on any atom is -0.454 e. The summed E-state index contributed by atoms with van der Waals surface area (Å²) < 4.78 is 10.5. The maximum atomic E-state index is 12.2. The van der Waals surface area contributed by atoms with Crippen LogP contribution in [0.25, 0.3) is 0 Å². The third-order valence-corrected chi connectivity index (χ3v) is 4.21. The SMILES string of the molecule is O=C1CN(C2CC2)C(=O)N1CC(O)c1ccc2c(c1)OCO2. The fourth-order valence-electron chi connectivity index (χ4n) is 2.81. The summed E-state index contributed by atoms with van der Waals surface area (Å²) in [4.78, 5) is 26.9. The van der Waals surface area contributed by atoms with Crippen molar-refractivity contribution in [3.05, 3.63) is 23.8 Å². The van der Waals surface area contributed by atoms with E-state index in [1.54, 1.807) is 23.1 Å². The van der Waals surface area contributed by atoms with E-state index in [1.165, 1.54) is 0 Å². The van der Waals surface area contributed by atoms with E-state index in [4.69, 9.17) is 9.47 Å². The van der Waals surface area contributed by atoms with Gasteiger partial charge in [0, 0.05) is 6.04 Å². The number of aliphatic hydroxyl groups excluding tert-OH is 1. The van der Waals surface area contributed by atoms with Crippen molar-refractivity contribution in [3.63, 3.8) is 0 Å². The molecule has 1 aliphatic carbocycles. The minimum absolute atomic E-state index is 0.0411. The van der Waals surface area contributed by atoms with Gasteiger partial charge in [0.05, 0.1) is 12.6 Å². The molecule has 2 aliphatic heterocycles. The van der Waals surface area contributed by atoms with Gasteiger partial charge in [0.2, 0.25) is 12.7 Å². The van der Waals surface area contributed by atoms with Gasteiger partial charge >= 0.3 is 6.03 Å². The monoisotopic (exact) mass is 304 g/mol. The van der Waals surface area contributed by atoms with Crippen LogP contribution >= 0.6 is 0 Å². The molecule has 1 aromatic carbocycles. The highest BCUT2D eigenvalue weighted by molar-refractivity contribution is 6.02. The highest BCUT2D eigenvalue weighted by Gasteiger charge is 2.44. The Morgan fingerprint density at radius 3 is 2.77 bits per heavy atom. The lowest BCUT2D eigenvalue weighted by Crippen LogP contribution is -2.36. The summed E-state index contributed by atoms with van der Waals surface area (Å²) in [5, 5.41) is 10.3. The second-order valence-electron chi connectivity index (χ2n) is 5.77. The molecule has 3 amide bonds. The van der Waals surface area contributed by atoms with Crippen molar-refractivity contribution in [2.75, 3.05) is 19.9 Å². The summed E-state index contributed by atoms with van der Waals surface area (Å²) in [6.07, 6.45) is 0.969. The summed E-state index contributed by atoms with van der Waals surface area (Å²) in [6, 6.07) is 5.00. The first-order valence-corrected chi connectivity index (χ1v) is 7.32. The molecule has 7 nitrogen and oxygen atoms in total. The summed E-state index contributed by atoms with van der Waals surface area (Å²) in [5.74, 6) is 0.941. The molecule has 116 valence electrons. The Kier molecular flexibility index (Phi) is 2.97. The fourth-order valence-corrected chi connectivity index (χ4v) is 2.81. The number of nitrogens with zero attached hydrogens (tertiary/aromatic N) is 2. The van der Waals surface area contributed by atoms with E-state index in [0.29, 0.717) is 17.1 Å². The number of imide groups is 1. The Labute approximate surface area is 127 Å². The molecule has 1 atom stereocenters. The molecule has 7 heteroatoms. The second-order valence-corrected chi connectivity index (χ2v) is 5.77. The molecule has 0 aromatic heterocycles. The van der Waals surface area contributed by atoms with Crippen LogP contribution in [-0.2, 0) is 4.79 Å². The zero-order valence-corrected chi connectivity index (χ0v) is 11.9. The first-order valence-electron chi connectivity index (χ1n) is 7.32. The van der Waals surface area contributed by atoms with Crippen LogP contribution in [0.5, 0.6) is 11.5 Å². The smallest absolute Gasteiger partial charge is 0.327 e. The standard InChI is InChI=1S/C15H16N2O5/c18-11(9-1-4-12-13(5-9)22-8-21-12)6-17-14(19)7-16(15(17)20)10-2-3-10/h1,4-5,10-11,18H,2-3,6-8H2. The molecule has 4 rings (SSSR count). The number of rotatable bonds is 4. The molecule has 3 aliphatic rings. The number of amides is 3. The van der Waals surface area contributed by atoms with Crippen molar-refractivity contribution < 1.29 is 24.2 Å². The normalized spacial score (nSPS) is 21.7. The number of carbonyl (C=O) groups excluding carboxylic acids is 2. The quantitative estimate of drug-likeness (QED) is 0.835. The summed E-state index contributed by atoms with van der Waals surface area (Å²) in [5.41, 5.74) is 0.592. The third-order valence-electron chi connectivity index (χ3n) is 4.21. The molecule has 1 N–H and O–H groups in total. The number of hydrogen-bond acceptors (Lipinski definition) is 5. The van der Waals surface area contributed by atoms with Gasteiger partial charge in [0.25, 0.3) is 0 Å². The average Bonchev–Trinajstić information content (AvgIpc) is 3.18. The Bertz CT molecular complexity index is 643. The molecule has 2 fully saturated rings. The summed E-state index contributed by atoms with van der Waals surface area (Å²) in [7, 11) is 0. The number of urea groups is 1. The highest BCUT2D eigenvalue weighted by atomic mass is 16.7. The maximum absolute atomic E-state index is 12.2. The van der Waals surface area contributed by atoms with Crippen LogP contribution in [0, 0.1) is 0 Å². The van der Waals surface area contributed by atoms with Crippen molar-refractivity contribution in [2.24, 2.45) is 0 Å². The summed E-state index contributed by atoms with van der Waals surface area (Å²) >= 11 is 0. The predicted molar refractivity (Wildman–Crippen MR) is 74.4 cm³/mol. The van der Waals surface area contributed by atoms with E-state index >= 15 is 0 Å². The van der Waals surface area contributed by atoms with Gasteiger partial charge in [-0.15, -0.1) is 0 Å². The molecule has 1 saturated carbocycles. The number of hydrogen-bond donors (Lipinski definition) is 1. The number of β-amino-alcohol motifs (C(OH)–C–C–N with tert-alkyl or cyclic N) is 1. The molecule has 1 unspecified atom stereocenters. The lowest BCUT2D eigenvalue weighted by Gasteiger charge is -2.20. The maximum Gasteiger partial charge on any atom is 0.327 e. The molecule has 0 spiro atoms. The van der Waals surface area contributed by atoms with Gasteiger partial charge < -0.3 is 19.5 Å². The van der Waals surface area contributed by atoms with Gasteiger partial charge in [0.1, 0.15) is 6.54 Å². The minimum atomic E-state index is -0.943. The molecule has 2 heterocycles. The van der Waals surface area contributed by atoms with Gasteiger partial charge in [-0.05, 0) is 30.5 Å². The van der Waals surface area contributed by atoms with Gasteiger partial charge in [-0.1, -0.05) is 6.07 Å². The van der Waals surface area contributed by atoms with Gasteiger partial charge in [-0.25, -0.2) is 4.79 Å². The largest absolute Gasteiger partial charge is 0.454 e. The van der Waals surface area contributed by atoms with E-state index < -0.39 is 6.10 Å². The zero-order valence-electron chi connectivity index (χ0n) is 11.9. The molecule has 0 bridgehead atoms. The van der Waals surface area contributed by atoms with E-state index in [9.17, 15) is 14.7 Å². The summed E-state index contributed by atoms with van der Waals surface area (Å²) in [6.45, 7) is 0.242. The van der Waals surface area contributed by atoms with Gasteiger partial charge in [-0.2, -0.15) is 0 Å². The topological polar surface area (TPSA) is 79.3 Å².